The van der Waals surface area contributed by atoms with Crippen molar-refractivity contribution in [1.29, 1.82) is 0 Å². The number of aromatic nitrogens is 2. The summed E-state index contributed by atoms with van der Waals surface area (Å²) in [5.41, 5.74) is 0.180. The largest absolute Gasteiger partial charge is 0.278 e. The van der Waals surface area contributed by atoms with Crippen LogP contribution in [0.2, 0.25) is 0 Å². The van der Waals surface area contributed by atoms with Gasteiger partial charge in [0.2, 0.25) is 10.0 Å². The number of halogens is 1. The molecule has 0 saturated heterocycles. The molecule has 0 amide bonds. The van der Waals surface area contributed by atoms with Gasteiger partial charge in [-0.1, -0.05) is 0 Å². The lowest BCUT2D eigenvalue weighted by atomic mass is 10.3. The average molecular weight is 381 g/mol. The lowest BCUT2D eigenvalue weighted by Crippen LogP contribution is -2.15. The molecule has 2 rings (SSSR count). The number of hydrogen-bond donors (Lipinski definition) is 3. The predicted octanol–water partition coefficient (Wildman–Crippen LogP) is 0.620. The topological polar surface area (TPSA) is 135 Å². The summed E-state index contributed by atoms with van der Waals surface area (Å²) in [6, 6.07) is 5.08. The first-order valence-electron chi connectivity index (χ1n) is 5.05. The van der Waals surface area contributed by atoms with E-state index < -0.39 is 20.0 Å². The third kappa shape index (κ3) is 3.17. The first-order chi connectivity index (χ1) is 9.20. The first kappa shape index (κ1) is 15.0. The molecule has 1 aromatic carbocycles. The maximum atomic E-state index is 11.9. The fraction of sp³-hybridized carbons (Fsp3) is 0. The Bertz CT molecular complexity index is 831. The van der Waals surface area contributed by atoms with Crippen molar-refractivity contribution in [3.63, 3.8) is 0 Å². The molecule has 4 N–H and O–H groups in total. The normalized spacial score (nSPS) is 12.3. The zero-order chi connectivity index (χ0) is 15.0. The summed E-state index contributed by atoms with van der Waals surface area (Å²) in [6.45, 7) is 0. The molecule has 11 heteroatoms. The summed E-state index contributed by atoms with van der Waals surface area (Å²) in [7, 11) is -7.68. The van der Waals surface area contributed by atoms with Crippen LogP contribution in [-0.4, -0.2) is 27.0 Å². The molecule has 0 radical (unpaired) electrons. The summed E-state index contributed by atoms with van der Waals surface area (Å²) in [5.74, 6) is 0. The van der Waals surface area contributed by atoms with Crippen LogP contribution in [0.1, 0.15) is 0 Å². The molecule has 0 unspecified atom stereocenters. The van der Waals surface area contributed by atoms with Crippen LogP contribution in [0.3, 0.4) is 0 Å². The molecule has 0 bridgehead atoms. The van der Waals surface area contributed by atoms with E-state index >= 15 is 0 Å². The Labute approximate surface area is 123 Å². The zero-order valence-corrected chi connectivity index (χ0v) is 13.0. The number of nitrogens with zero attached hydrogens (tertiary/aromatic N) is 1. The Balaban J connectivity index is 2.35. The number of hydrogen-bond acceptors (Lipinski definition) is 5. The van der Waals surface area contributed by atoms with E-state index in [1.165, 1.54) is 30.5 Å². The molecule has 0 spiro atoms. The third-order valence-corrected chi connectivity index (χ3v) is 5.45. The van der Waals surface area contributed by atoms with Gasteiger partial charge in [-0.3, -0.25) is 9.82 Å². The van der Waals surface area contributed by atoms with Crippen molar-refractivity contribution in [2.45, 2.75) is 9.92 Å². The molecule has 0 saturated carbocycles. The van der Waals surface area contributed by atoms with Crippen LogP contribution >= 0.6 is 15.9 Å². The van der Waals surface area contributed by atoms with Gasteiger partial charge in [0.25, 0.3) is 10.0 Å². The van der Waals surface area contributed by atoms with Crippen LogP contribution in [0, 0.1) is 0 Å². The Morgan fingerprint density at radius 3 is 2.40 bits per heavy atom. The minimum Gasteiger partial charge on any atom is -0.278 e. The number of primary sulfonamides is 1. The number of aromatic amines is 1. The maximum Gasteiger partial charge on any atom is 0.278 e. The van der Waals surface area contributed by atoms with Crippen LogP contribution < -0.4 is 9.86 Å². The Kier molecular flexibility index (Phi) is 3.86. The monoisotopic (exact) mass is 380 g/mol. The predicted molar refractivity (Wildman–Crippen MR) is 74.9 cm³/mol. The molecule has 1 aromatic heterocycles. The maximum absolute atomic E-state index is 11.9. The number of sulfonamides is 2. The fourth-order valence-electron chi connectivity index (χ4n) is 1.40. The quantitative estimate of drug-likeness (QED) is 0.714. The van der Waals surface area contributed by atoms with Gasteiger partial charge in [0.05, 0.1) is 16.8 Å². The minimum atomic E-state index is -3.88. The van der Waals surface area contributed by atoms with Crippen LogP contribution in [0.5, 0.6) is 0 Å². The van der Waals surface area contributed by atoms with Crippen molar-refractivity contribution in [2.24, 2.45) is 5.14 Å². The molecule has 0 aliphatic heterocycles. The van der Waals surface area contributed by atoms with Gasteiger partial charge in [-0.05, 0) is 40.2 Å². The number of nitrogens with one attached hydrogen (secondary N) is 2. The average Bonchev–Trinajstić information content (AvgIpc) is 2.80. The number of anilines is 1. The molecule has 2 aromatic rings. The molecule has 1 heterocycles. The van der Waals surface area contributed by atoms with Gasteiger partial charge in [0, 0.05) is 4.47 Å². The van der Waals surface area contributed by atoms with Gasteiger partial charge in [0.1, 0.15) is 0 Å². The molecule has 8 nitrogen and oxygen atoms in total. The molecule has 20 heavy (non-hydrogen) atoms. The van der Waals surface area contributed by atoms with Gasteiger partial charge >= 0.3 is 0 Å². The summed E-state index contributed by atoms with van der Waals surface area (Å²) in [4.78, 5) is -0.137. The highest BCUT2D eigenvalue weighted by Gasteiger charge is 2.18. The van der Waals surface area contributed by atoms with Crippen molar-refractivity contribution in [2.75, 3.05) is 4.72 Å². The molecule has 0 fully saturated rings. The van der Waals surface area contributed by atoms with Crippen molar-refractivity contribution >= 4 is 41.7 Å². The Morgan fingerprint density at radius 2 is 1.90 bits per heavy atom. The van der Waals surface area contributed by atoms with Crippen molar-refractivity contribution < 1.29 is 16.8 Å². The van der Waals surface area contributed by atoms with Gasteiger partial charge in [-0.25, -0.2) is 13.6 Å². The highest BCUT2D eigenvalue weighted by Crippen LogP contribution is 2.25. The molecule has 0 atom stereocenters. The molecule has 108 valence electrons. The Morgan fingerprint density at radius 1 is 1.20 bits per heavy atom. The SMILES string of the molecule is NS(=O)(=O)c1ccc(NS(=O)(=O)c2ccn[nH]2)cc1Br. The summed E-state index contributed by atoms with van der Waals surface area (Å²) >= 11 is 3.03. The lowest BCUT2D eigenvalue weighted by molar-refractivity contribution is 0.596. The summed E-state index contributed by atoms with van der Waals surface area (Å²) in [6.07, 6.45) is 1.30. The summed E-state index contributed by atoms with van der Waals surface area (Å²) in [5, 5.41) is 10.8. The van der Waals surface area contributed by atoms with Crippen molar-refractivity contribution in [1.82, 2.24) is 10.2 Å². The first-order valence-corrected chi connectivity index (χ1v) is 8.87. The van der Waals surface area contributed by atoms with Gasteiger partial charge in [0.15, 0.2) is 5.03 Å². The van der Waals surface area contributed by atoms with Gasteiger partial charge in [-0.2, -0.15) is 13.5 Å². The van der Waals surface area contributed by atoms with E-state index in [0.29, 0.717) is 0 Å². The van der Waals surface area contributed by atoms with E-state index in [1.807, 2.05) is 0 Å². The van der Waals surface area contributed by atoms with E-state index in [2.05, 4.69) is 30.8 Å². The second-order valence-electron chi connectivity index (χ2n) is 3.72. The second kappa shape index (κ2) is 5.16. The molecular weight excluding hydrogens is 372 g/mol. The van der Waals surface area contributed by atoms with E-state index in [4.69, 9.17) is 5.14 Å². The van der Waals surface area contributed by atoms with Crippen molar-refractivity contribution in [3.05, 3.63) is 34.9 Å². The minimum absolute atomic E-state index is 0.107. The lowest BCUT2D eigenvalue weighted by Gasteiger charge is -2.08. The van der Waals surface area contributed by atoms with Crippen LogP contribution in [0.4, 0.5) is 5.69 Å². The number of H-pyrrole nitrogens is 1. The highest BCUT2D eigenvalue weighted by atomic mass is 79.9. The second-order valence-corrected chi connectivity index (χ2v) is 7.75. The van der Waals surface area contributed by atoms with E-state index in [9.17, 15) is 16.8 Å². The Hall–Kier alpha value is -1.43. The number of nitrogens with two attached hydrogens (primary N) is 1. The number of benzene rings is 1. The van der Waals surface area contributed by atoms with Crippen molar-refractivity contribution in [3.8, 4) is 0 Å². The number of rotatable bonds is 4. The fourth-order valence-corrected chi connectivity index (χ4v) is 4.00. The van der Waals surface area contributed by atoms with Crippen LogP contribution in [0.25, 0.3) is 0 Å². The van der Waals surface area contributed by atoms with Gasteiger partial charge in [-0.15, -0.1) is 0 Å². The smallest absolute Gasteiger partial charge is 0.278 e. The van der Waals surface area contributed by atoms with E-state index in [1.54, 1.807) is 0 Å². The molecular formula is C9H9BrN4O4S2. The van der Waals surface area contributed by atoms with E-state index in [-0.39, 0.29) is 20.1 Å². The standard InChI is InChI=1S/C9H9BrN4O4S2/c10-7-5-6(1-2-8(7)19(11,15)16)14-20(17,18)9-3-4-12-13-9/h1-5,14H,(H,12,13)(H2,11,15,16). The third-order valence-electron chi connectivity index (χ3n) is 2.26. The highest BCUT2D eigenvalue weighted by molar-refractivity contribution is 9.10. The summed E-state index contributed by atoms with van der Waals surface area (Å²) < 4.78 is 48.7. The van der Waals surface area contributed by atoms with Crippen LogP contribution in [-0.2, 0) is 20.0 Å². The molecule has 0 aliphatic carbocycles. The molecule has 0 aliphatic rings. The van der Waals surface area contributed by atoms with Gasteiger partial charge < -0.3 is 0 Å². The zero-order valence-electron chi connectivity index (χ0n) is 9.74. The van der Waals surface area contributed by atoms with Crippen LogP contribution in [0.15, 0.2) is 44.9 Å². The van der Waals surface area contributed by atoms with E-state index in [0.717, 1.165) is 0 Å².